The first kappa shape index (κ1) is 22.7. The monoisotopic (exact) mass is 489 g/mol. The van der Waals surface area contributed by atoms with E-state index in [1.807, 2.05) is 30.3 Å². The first-order valence-electron chi connectivity index (χ1n) is 10.9. The maximum atomic E-state index is 13.8. The number of nitrogens with zero attached hydrogens (tertiary/aromatic N) is 2. The molecule has 8 nitrogen and oxygen atoms in total. The van der Waals surface area contributed by atoms with Crippen LogP contribution in [0.3, 0.4) is 0 Å². The SMILES string of the molecule is COC(=O)c1cccc2c1ccn2S(=O)(=O)C1(C)C=C(Oc2cccc(-c3ccn[nH]3)c2)C=CC1. The summed E-state index contributed by atoms with van der Waals surface area (Å²) in [7, 11) is -2.63. The van der Waals surface area contributed by atoms with Gasteiger partial charge in [-0.1, -0.05) is 24.3 Å². The van der Waals surface area contributed by atoms with E-state index in [9.17, 15) is 13.2 Å². The van der Waals surface area contributed by atoms with Gasteiger partial charge in [-0.2, -0.15) is 5.10 Å². The van der Waals surface area contributed by atoms with Gasteiger partial charge in [0.1, 0.15) is 16.3 Å². The van der Waals surface area contributed by atoms with Crippen LogP contribution in [-0.2, 0) is 14.8 Å². The van der Waals surface area contributed by atoms with Crippen LogP contribution in [0.25, 0.3) is 22.2 Å². The van der Waals surface area contributed by atoms with Crippen LogP contribution in [0.1, 0.15) is 23.7 Å². The van der Waals surface area contributed by atoms with E-state index in [4.69, 9.17) is 9.47 Å². The van der Waals surface area contributed by atoms with Gasteiger partial charge in [0.2, 0.25) is 10.0 Å². The Kier molecular flexibility index (Phi) is 5.56. The number of allylic oxidation sites excluding steroid dienone is 2. The van der Waals surface area contributed by atoms with E-state index in [-0.39, 0.29) is 6.42 Å². The van der Waals surface area contributed by atoms with Gasteiger partial charge in [-0.3, -0.25) is 5.10 Å². The molecule has 0 bridgehead atoms. The molecule has 2 heterocycles. The van der Waals surface area contributed by atoms with Crippen LogP contribution >= 0.6 is 0 Å². The fourth-order valence-electron chi connectivity index (χ4n) is 4.21. The normalized spacial score (nSPS) is 17.8. The minimum atomic E-state index is -3.92. The Morgan fingerprint density at radius 3 is 2.74 bits per heavy atom. The van der Waals surface area contributed by atoms with Gasteiger partial charge in [0.25, 0.3) is 0 Å². The molecular formula is C26H23N3O5S. The molecule has 0 amide bonds. The van der Waals surface area contributed by atoms with Crippen LogP contribution in [0.2, 0.25) is 0 Å². The number of methoxy groups -OCH3 is 1. The molecule has 2 aromatic carbocycles. The first-order chi connectivity index (χ1) is 16.8. The molecule has 0 saturated carbocycles. The summed E-state index contributed by atoms with van der Waals surface area (Å²) < 4.78 is 38.5. The predicted octanol–water partition coefficient (Wildman–Crippen LogP) is 4.68. The number of rotatable bonds is 6. The molecule has 0 radical (unpaired) electrons. The summed E-state index contributed by atoms with van der Waals surface area (Å²) in [6.45, 7) is 1.66. The van der Waals surface area contributed by atoms with Gasteiger partial charge in [0.15, 0.2) is 0 Å². The fourth-order valence-corrected chi connectivity index (χ4v) is 5.87. The molecule has 2 aromatic heterocycles. The van der Waals surface area contributed by atoms with Crippen molar-refractivity contribution < 1.29 is 22.7 Å². The third-order valence-corrected chi connectivity index (χ3v) is 8.38. The number of aromatic amines is 1. The Morgan fingerprint density at radius 2 is 1.97 bits per heavy atom. The average molecular weight is 490 g/mol. The van der Waals surface area contributed by atoms with E-state index in [2.05, 4.69) is 10.2 Å². The lowest BCUT2D eigenvalue weighted by Crippen LogP contribution is -2.38. The summed E-state index contributed by atoms with van der Waals surface area (Å²) in [4.78, 5) is 12.1. The molecule has 0 aliphatic heterocycles. The maximum Gasteiger partial charge on any atom is 0.338 e. The molecule has 1 aliphatic carbocycles. The third-order valence-electron chi connectivity index (χ3n) is 6.09. The molecule has 9 heteroatoms. The van der Waals surface area contributed by atoms with Gasteiger partial charge in [0.05, 0.1) is 23.9 Å². The first-order valence-corrected chi connectivity index (χ1v) is 12.4. The summed E-state index contributed by atoms with van der Waals surface area (Å²) in [5, 5.41) is 7.40. The summed E-state index contributed by atoms with van der Waals surface area (Å²) >= 11 is 0. The predicted molar refractivity (Wildman–Crippen MR) is 132 cm³/mol. The van der Waals surface area contributed by atoms with Gasteiger partial charge in [-0.05, 0) is 61.9 Å². The van der Waals surface area contributed by atoms with Crippen molar-refractivity contribution in [2.75, 3.05) is 7.11 Å². The molecule has 4 aromatic rings. The van der Waals surface area contributed by atoms with Gasteiger partial charge in [0, 0.05) is 23.3 Å². The van der Waals surface area contributed by atoms with Crippen molar-refractivity contribution in [3.8, 4) is 17.0 Å². The zero-order chi connectivity index (χ0) is 24.6. The number of ether oxygens (including phenoxy) is 2. The van der Waals surface area contributed by atoms with Crippen molar-refractivity contribution >= 4 is 26.9 Å². The Hall–Kier alpha value is -4.11. The van der Waals surface area contributed by atoms with Crippen molar-refractivity contribution in [1.82, 2.24) is 14.2 Å². The largest absolute Gasteiger partial charge is 0.465 e. The van der Waals surface area contributed by atoms with E-state index in [1.54, 1.807) is 55.6 Å². The summed E-state index contributed by atoms with van der Waals surface area (Å²) in [6, 6.07) is 15.8. The number of aromatic nitrogens is 3. The van der Waals surface area contributed by atoms with Crippen molar-refractivity contribution in [1.29, 1.82) is 0 Å². The van der Waals surface area contributed by atoms with Crippen LogP contribution in [0.15, 0.2) is 91.0 Å². The number of carbonyl (C=O) groups is 1. The molecule has 1 unspecified atom stereocenters. The van der Waals surface area contributed by atoms with Crippen molar-refractivity contribution in [3.63, 3.8) is 0 Å². The van der Waals surface area contributed by atoms with Gasteiger partial charge < -0.3 is 9.47 Å². The molecule has 1 atom stereocenters. The van der Waals surface area contributed by atoms with Crippen LogP contribution in [-0.4, -0.2) is 40.4 Å². The second-order valence-electron chi connectivity index (χ2n) is 8.41. The number of fused-ring (bicyclic) bond motifs is 1. The number of H-pyrrole nitrogens is 1. The molecule has 1 aliphatic rings. The quantitative estimate of drug-likeness (QED) is 0.395. The minimum Gasteiger partial charge on any atom is -0.465 e. The Morgan fingerprint density at radius 1 is 1.14 bits per heavy atom. The van der Waals surface area contributed by atoms with E-state index in [0.717, 1.165) is 11.3 Å². The average Bonchev–Trinajstić information content (AvgIpc) is 3.54. The minimum absolute atomic E-state index is 0.271. The number of nitrogens with one attached hydrogen (secondary N) is 1. The van der Waals surface area contributed by atoms with Crippen LogP contribution in [0, 0.1) is 0 Å². The Labute approximate surface area is 202 Å². The van der Waals surface area contributed by atoms with Crippen molar-refractivity contribution in [2.24, 2.45) is 0 Å². The van der Waals surface area contributed by atoms with Gasteiger partial charge in [-0.25, -0.2) is 17.2 Å². The molecule has 0 spiro atoms. The van der Waals surface area contributed by atoms with Crippen LogP contribution in [0.4, 0.5) is 0 Å². The lowest BCUT2D eigenvalue weighted by atomic mass is 10.0. The number of hydrogen-bond acceptors (Lipinski definition) is 6. The highest BCUT2D eigenvalue weighted by Gasteiger charge is 2.40. The zero-order valence-electron chi connectivity index (χ0n) is 19.1. The van der Waals surface area contributed by atoms with E-state index < -0.39 is 20.7 Å². The second kappa shape index (κ2) is 8.59. The van der Waals surface area contributed by atoms with Crippen LogP contribution < -0.4 is 4.74 Å². The van der Waals surface area contributed by atoms with E-state index in [0.29, 0.717) is 28.0 Å². The molecule has 35 heavy (non-hydrogen) atoms. The summed E-state index contributed by atoms with van der Waals surface area (Å²) in [6.07, 6.45) is 8.59. The maximum absolute atomic E-state index is 13.8. The van der Waals surface area contributed by atoms with Crippen LogP contribution in [0.5, 0.6) is 5.75 Å². The smallest absolute Gasteiger partial charge is 0.338 e. The zero-order valence-corrected chi connectivity index (χ0v) is 20.0. The molecular weight excluding hydrogens is 466 g/mol. The molecule has 178 valence electrons. The number of hydrogen-bond donors (Lipinski definition) is 1. The topological polar surface area (TPSA) is 103 Å². The molecule has 0 saturated heterocycles. The highest BCUT2D eigenvalue weighted by molar-refractivity contribution is 7.91. The Balaban J connectivity index is 1.49. The lowest BCUT2D eigenvalue weighted by Gasteiger charge is -2.29. The molecule has 5 rings (SSSR count). The molecule has 0 fully saturated rings. The lowest BCUT2D eigenvalue weighted by molar-refractivity contribution is 0.0603. The Bertz CT molecular complexity index is 1580. The standard InChI is InChI=1S/C26H23N3O5S/c1-26(35(31,32)29-15-12-21-22(25(30)33-2)9-4-10-24(21)29)13-5-8-20(17-26)34-19-7-3-6-18(16-19)23-11-14-27-28-23/h3-12,14-17H,13H2,1-2H3,(H,27,28). The number of benzene rings is 2. The third kappa shape index (κ3) is 3.93. The highest BCUT2D eigenvalue weighted by atomic mass is 32.2. The van der Waals surface area contributed by atoms with E-state index >= 15 is 0 Å². The van der Waals surface area contributed by atoms with Crippen molar-refractivity contribution in [2.45, 2.75) is 18.1 Å². The van der Waals surface area contributed by atoms with Gasteiger partial charge >= 0.3 is 5.97 Å². The highest BCUT2D eigenvalue weighted by Crippen LogP contribution is 2.35. The molecule has 1 N–H and O–H groups in total. The number of carbonyl (C=O) groups excluding carboxylic acids is 1. The fraction of sp³-hybridized carbons (Fsp3) is 0.154. The van der Waals surface area contributed by atoms with Crippen molar-refractivity contribution in [3.05, 3.63) is 96.5 Å². The second-order valence-corrected chi connectivity index (χ2v) is 10.7. The van der Waals surface area contributed by atoms with E-state index in [1.165, 1.54) is 17.3 Å². The summed E-state index contributed by atoms with van der Waals surface area (Å²) in [5.74, 6) is 0.477. The summed E-state index contributed by atoms with van der Waals surface area (Å²) in [5.41, 5.74) is 2.47. The number of esters is 1. The van der Waals surface area contributed by atoms with Gasteiger partial charge in [-0.15, -0.1) is 0 Å².